The Balaban J connectivity index is 1.66. The molecule has 4 rings (SSSR count). The number of fused-ring (bicyclic) bond motifs is 2. The maximum Gasteiger partial charge on any atom is 0.332 e. The molecule has 1 aromatic carbocycles. The molecule has 2 saturated heterocycles. The Morgan fingerprint density at radius 2 is 1.72 bits per heavy atom. The highest BCUT2D eigenvalue weighted by atomic mass is 32.2. The molecular weight excluding hydrogens is 400 g/mol. The van der Waals surface area contributed by atoms with Crippen LogP contribution in [0.15, 0.2) is 24.3 Å². The Hall–Kier alpha value is -2.88. The third-order valence-electron chi connectivity index (χ3n) is 5.35. The lowest BCUT2D eigenvalue weighted by atomic mass is 9.90. The lowest BCUT2D eigenvalue weighted by Crippen LogP contribution is -2.79. The largest absolute Gasteiger partial charge is 0.467 e. The van der Waals surface area contributed by atoms with Crippen LogP contribution in [0.1, 0.15) is 34.6 Å². The molecule has 2 unspecified atom stereocenters. The number of hydrogen-bond donors (Lipinski definition) is 0. The summed E-state index contributed by atoms with van der Waals surface area (Å²) in [5, 5.41) is -0.627. The molecule has 0 N–H and O–H groups in total. The minimum Gasteiger partial charge on any atom is -0.467 e. The summed E-state index contributed by atoms with van der Waals surface area (Å²) in [4.78, 5) is 64.8. The van der Waals surface area contributed by atoms with Crippen molar-refractivity contribution in [1.29, 1.82) is 0 Å². The molecule has 4 atom stereocenters. The smallest absolute Gasteiger partial charge is 0.332 e. The van der Waals surface area contributed by atoms with Crippen molar-refractivity contribution in [3.8, 4) is 0 Å². The molecule has 2 fully saturated rings. The molecule has 0 spiro atoms. The van der Waals surface area contributed by atoms with E-state index >= 15 is 0 Å². The molecule has 3 heterocycles. The first-order chi connectivity index (χ1) is 13.7. The number of carbonyl (C=O) groups excluding carboxylic acids is 5. The van der Waals surface area contributed by atoms with Crippen LogP contribution in [-0.2, 0) is 23.9 Å². The third kappa shape index (κ3) is 2.65. The van der Waals surface area contributed by atoms with Crippen molar-refractivity contribution in [1.82, 2.24) is 9.80 Å². The van der Waals surface area contributed by atoms with Gasteiger partial charge >= 0.3 is 11.9 Å². The number of methoxy groups -OCH3 is 1. The van der Waals surface area contributed by atoms with Crippen molar-refractivity contribution in [3.63, 3.8) is 0 Å². The van der Waals surface area contributed by atoms with Gasteiger partial charge in [-0.05, 0) is 19.1 Å². The van der Waals surface area contributed by atoms with Crippen molar-refractivity contribution < 1.29 is 33.4 Å². The molecule has 152 valence electrons. The second-order valence-corrected chi connectivity index (χ2v) is 8.35. The molecule has 0 aliphatic carbocycles. The van der Waals surface area contributed by atoms with Crippen LogP contribution in [0, 0.1) is 0 Å². The molecule has 29 heavy (non-hydrogen) atoms. The van der Waals surface area contributed by atoms with Gasteiger partial charge in [0.1, 0.15) is 17.0 Å². The number of hydrogen-bond acceptors (Lipinski definition) is 8. The minimum absolute atomic E-state index is 0.195. The Labute approximate surface area is 170 Å². The molecular formula is C19H18N2O7S. The van der Waals surface area contributed by atoms with Gasteiger partial charge in [0.15, 0.2) is 6.04 Å². The summed E-state index contributed by atoms with van der Waals surface area (Å²) in [5.41, 5.74) is -0.791. The number of benzene rings is 1. The standard InChI is InChI=1S/C19H18N2O7S/c1-9(22)28-19(2)8-29-17-12(16(25)21(17)13(19)18(26)27-3)20-14(23)10-6-4-5-7-11(10)15(20)24/h4-7,12-13,17H,8H2,1-3H3/t12?,13?,17-,19+/m0/s1. The van der Waals surface area contributed by atoms with Gasteiger partial charge in [-0.15, -0.1) is 11.8 Å². The molecule has 9 nitrogen and oxygen atoms in total. The van der Waals surface area contributed by atoms with Gasteiger partial charge in [0.05, 0.1) is 18.2 Å². The van der Waals surface area contributed by atoms with Crippen LogP contribution in [0.25, 0.3) is 0 Å². The molecule has 1 aromatic rings. The van der Waals surface area contributed by atoms with Gasteiger partial charge in [-0.1, -0.05) is 12.1 Å². The summed E-state index contributed by atoms with van der Waals surface area (Å²) >= 11 is 1.25. The molecule has 3 aliphatic heterocycles. The number of amides is 3. The molecule has 10 heteroatoms. The van der Waals surface area contributed by atoms with E-state index in [9.17, 15) is 24.0 Å². The number of imide groups is 1. The van der Waals surface area contributed by atoms with E-state index in [0.29, 0.717) is 0 Å². The zero-order valence-electron chi connectivity index (χ0n) is 15.9. The van der Waals surface area contributed by atoms with E-state index in [-0.39, 0.29) is 16.9 Å². The number of rotatable bonds is 3. The van der Waals surface area contributed by atoms with Crippen LogP contribution in [0.3, 0.4) is 0 Å². The fourth-order valence-electron chi connectivity index (χ4n) is 4.13. The van der Waals surface area contributed by atoms with E-state index in [1.807, 2.05) is 0 Å². The van der Waals surface area contributed by atoms with Gasteiger partial charge in [0.2, 0.25) is 0 Å². The first-order valence-electron chi connectivity index (χ1n) is 8.89. The predicted octanol–water partition coefficient (Wildman–Crippen LogP) is 0.430. The van der Waals surface area contributed by atoms with Crippen molar-refractivity contribution in [3.05, 3.63) is 35.4 Å². The average molecular weight is 418 g/mol. The zero-order chi connectivity index (χ0) is 21.1. The van der Waals surface area contributed by atoms with Crippen LogP contribution in [0.4, 0.5) is 0 Å². The van der Waals surface area contributed by atoms with E-state index in [1.54, 1.807) is 31.2 Å². The highest BCUT2D eigenvalue weighted by Gasteiger charge is 2.66. The fourth-order valence-corrected chi connectivity index (χ4v) is 5.65. The van der Waals surface area contributed by atoms with E-state index in [1.165, 1.54) is 30.7 Å². The maximum atomic E-state index is 13.0. The van der Waals surface area contributed by atoms with Crippen LogP contribution >= 0.6 is 11.8 Å². The second kappa shape index (κ2) is 6.58. The summed E-state index contributed by atoms with van der Waals surface area (Å²) in [6, 6.07) is 4.19. The summed E-state index contributed by atoms with van der Waals surface area (Å²) in [5.74, 6) is -2.76. The topological polar surface area (TPSA) is 110 Å². The minimum atomic E-state index is -1.29. The molecule has 0 saturated carbocycles. The van der Waals surface area contributed by atoms with Crippen molar-refractivity contribution in [2.45, 2.75) is 36.9 Å². The number of carbonyl (C=O) groups is 5. The highest BCUT2D eigenvalue weighted by molar-refractivity contribution is 8.00. The van der Waals surface area contributed by atoms with Crippen LogP contribution < -0.4 is 0 Å². The average Bonchev–Trinajstić information content (AvgIpc) is 2.92. The number of esters is 2. The fraction of sp³-hybridized carbons (Fsp3) is 0.421. The number of thioether (sulfide) groups is 1. The Morgan fingerprint density at radius 1 is 1.14 bits per heavy atom. The van der Waals surface area contributed by atoms with Gasteiger partial charge in [-0.25, -0.2) is 4.79 Å². The van der Waals surface area contributed by atoms with Gasteiger partial charge in [0.25, 0.3) is 17.7 Å². The van der Waals surface area contributed by atoms with Gasteiger partial charge in [-0.3, -0.25) is 24.1 Å². The van der Waals surface area contributed by atoms with Gasteiger partial charge < -0.3 is 14.4 Å². The Morgan fingerprint density at radius 3 is 2.24 bits per heavy atom. The number of β-lactam (4-membered cyclic amide) rings is 1. The van der Waals surface area contributed by atoms with Crippen molar-refractivity contribution in [2.75, 3.05) is 12.9 Å². The maximum absolute atomic E-state index is 13.0. The van der Waals surface area contributed by atoms with E-state index < -0.39 is 52.7 Å². The first-order valence-corrected chi connectivity index (χ1v) is 9.94. The normalized spacial score (nSPS) is 30.4. The summed E-state index contributed by atoms with van der Waals surface area (Å²) in [7, 11) is 1.18. The SMILES string of the molecule is COC(=O)C1N2C(=O)C(N3C(=O)c4ccccc4C3=O)[C@@H]2SC[C@@]1(C)OC(C)=O. The molecule has 0 aromatic heterocycles. The molecule has 0 bridgehead atoms. The van der Waals surface area contributed by atoms with Gasteiger partial charge in [-0.2, -0.15) is 0 Å². The van der Waals surface area contributed by atoms with E-state index in [0.717, 1.165) is 4.90 Å². The lowest BCUT2D eigenvalue weighted by molar-refractivity contribution is -0.187. The third-order valence-corrected chi connectivity index (χ3v) is 6.92. The Bertz CT molecular complexity index is 929. The monoisotopic (exact) mass is 418 g/mol. The van der Waals surface area contributed by atoms with Crippen LogP contribution in [0.5, 0.6) is 0 Å². The van der Waals surface area contributed by atoms with E-state index in [4.69, 9.17) is 9.47 Å². The highest BCUT2D eigenvalue weighted by Crippen LogP contribution is 2.47. The van der Waals surface area contributed by atoms with Crippen LogP contribution in [0.2, 0.25) is 0 Å². The number of nitrogens with zero attached hydrogens (tertiary/aromatic N) is 2. The predicted molar refractivity (Wildman–Crippen MR) is 99.8 cm³/mol. The summed E-state index contributed by atoms with van der Waals surface area (Å²) < 4.78 is 10.2. The second-order valence-electron chi connectivity index (χ2n) is 7.25. The van der Waals surface area contributed by atoms with Crippen molar-refractivity contribution in [2.24, 2.45) is 0 Å². The zero-order valence-corrected chi connectivity index (χ0v) is 16.7. The summed E-state index contributed by atoms with van der Waals surface area (Å²) in [6.45, 7) is 2.78. The quantitative estimate of drug-likeness (QED) is 0.395. The van der Waals surface area contributed by atoms with E-state index in [2.05, 4.69) is 0 Å². The first kappa shape index (κ1) is 19.4. The van der Waals surface area contributed by atoms with Crippen LogP contribution in [-0.4, -0.2) is 75.4 Å². The lowest BCUT2D eigenvalue weighted by Gasteiger charge is -2.58. The molecule has 3 aliphatic rings. The number of ether oxygens (including phenoxy) is 2. The molecule has 0 radical (unpaired) electrons. The molecule has 3 amide bonds. The Kier molecular flexibility index (Phi) is 4.41. The van der Waals surface area contributed by atoms with Gasteiger partial charge in [0, 0.05) is 12.7 Å². The summed E-state index contributed by atoms with van der Waals surface area (Å²) in [6.07, 6.45) is 0. The van der Waals surface area contributed by atoms with Crippen molar-refractivity contribution >= 4 is 41.4 Å².